The molecule has 13 heteroatoms. The lowest BCUT2D eigenvalue weighted by atomic mass is 9.89. The molecule has 21 rings (SSSR count). The van der Waals surface area contributed by atoms with E-state index in [0.717, 1.165) is 116 Å². The Hall–Kier alpha value is -19.1. The summed E-state index contributed by atoms with van der Waals surface area (Å²) in [4.78, 5) is 21.4. The van der Waals surface area contributed by atoms with Crippen molar-refractivity contribution in [2.45, 2.75) is 0 Å². The van der Waals surface area contributed by atoms with Crippen LogP contribution in [0.3, 0.4) is 0 Å². The van der Waals surface area contributed by atoms with E-state index < -0.39 is 0 Å². The van der Waals surface area contributed by atoms with Gasteiger partial charge in [-0.05, 0) is 178 Å². The number of para-hydroxylation sites is 1. The minimum Gasteiger partial charge on any atom is -0.308 e. The summed E-state index contributed by atoms with van der Waals surface area (Å²) in [6.45, 7) is 0. The Balaban J connectivity index is 0.744. The molecule has 0 spiro atoms. The van der Waals surface area contributed by atoms with Crippen LogP contribution in [-0.2, 0) is 0 Å². The smallest absolute Gasteiger partial charge is 0.160 e. The van der Waals surface area contributed by atoms with Crippen molar-refractivity contribution in [3.63, 3.8) is 0 Å². The number of benzene rings is 17. The monoisotopic (exact) mass is 1650 g/mol. The summed E-state index contributed by atoms with van der Waals surface area (Å²) in [6.07, 6.45) is 0. The molecule has 13 nitrogen and oxygen atoms in total. The molecule has 0 fully saturated rings. The lowest BCUT2D eigenvalue weighted by Gasteiger charge is -2.22. The lowest BCUT2D eigenvalue weighted by molar-refractivity contribution is 1.16. The average molecular weight is 1650 g/mol. The van der Waals surface area contributed by atoms with E-state index >= 15 is 0 Å². The van der Waals surface area contributed by atoms with Crippen LogP contribution in [-0.4, -0.2) is 29.1 Å². The molecule has 4 aromatic heterocycles. The third-order valence-electron chi connectivity index (χ3n) is 24.2. The molecule has 0 aliphatic rings. The number of hydrogen-bond acceptors (Lipinski definition) is 11. The Bertz CT molecular complexity index is 8300. The molecule has 4 heterocycles. The first kappa shape index (κ1) is 78.2. The summed E-state index contributed by atoms with van der Waals surface area (Å²) >= 11 is 0. The van der Waals surface area contributed by atoms with Crippen molar-refractivity contribution in [3.8, 4) is 211 Å². The molecule has 0 saturated heterocycles. The van der Waals surface area contributed by atoms with Crippen LogP contribution in [0.2, 0.25) is 0 Å². The first-order valence-corrected chi connectivity index (χ1v) is 42.2. The number of fused-ring (bicyclic) bond motifs is 6. The molecule has 17 aromatic carbocycles. The summed E-state index contributed by atoms with van der Waals surface area (Å²) < 4.78 is 4.44. The van der Waals surface area contributed by atoms with E-state index in [1.807, 2.05) is 297 Å². The molecule has 21 aromatic rings. The van der Waals surface area contributed by atoms with Crippen LogP contribution in [0.4, 0.5) is 0 Å². The number of aromatic nitrogens is 6. The van der Waals surface area contributed by atoms with Gasteiger partial charge < -0.3 is 9.13 Å². The summed E-state index contributed by atoms with van der Waals surface area (Å²) in [6, 6.07) is 146. The molecule has 130 heavy (non-hydrogen) atoms. The normalized spacial score (nSPS) is 11.0. The maximum absolute atomic E-state index is 11.3. The first-order chi connectivity index (χ1) is 64.1. The van der Waals surface area contributed by atoms with Crippen molar-refractivity contribution in [1.29, 1.82) is 36.8 Å². The van der Waals surface area contributed by atoms with Crippen molar-refractivity contribution >= 4 is 43.6 Å². The molecule has 0 aliphatic heterocycles. The zero-order chi connectivity index (χ0) is 87.9. The lowest BCUT2D eigenvalue weighted by Crippen LogP contribution is -2.04. The molecular formula is C117H65N13. The molecule has 0 atom stereocenters. The highest BCUT2D eigenvalue weighted by Crippen LogP contribution is 2.50. The number of hydrogen-bond donors (Lipinski definition) is 0. The van der Waals surface area contributed by atoms with Crippen LogP contribution in [0.1, 0.15) is 38.9 Å². The molecule has 0 aliphatic carbocycles. The van der Waals surface area contributed by atoms with Crippen molar-refractivity contribution in [2.75, 3.05) is 0 Å². The van der Waals surface area contributed by atoms with Gasteiger partial charge in [0.1, 0.15) is 0 Å². The van der Waals surface area contributed by atoms with E-state index in [1.54, 1.807) is 12.1 Å². The Kier molecular flexibility index (Phi) is 20.0. The second-order valence-electron chi connectivity index (χ2n) is 31.7. The Morgan fingerprint density at radius 1 is 0.169 bits per heavy atom. The maximum Gasteiger partial charge on any atom is 0.160 e. The van der Waals surface area contributed by atoms with E-state index in [9.17, 15) is 36.8 Å². The quantitative estimate of drug-likeness (QED) is 0.0883. The molecule has 0 N–H and O–H groups in total. The summed E-state index contributed by atoms with van der Waals surface area (Å²) in [5, 5.41) is 81.3. The second kappa shape index (κ2) is 33.3. The van der Waals surface area contributed by atoms with E-state index in [2.05, 4.69) is 137 Å². The van der Waals surface area contributed by atoms with E-state index in [0.29, 0.717) is 134 Å². The average Bonchev–Trinajstić information content (AvgIpc) is 1.55. The fourth-order valence-corrected chi connectivity index (χ4v) is 18.2. The van der Waals surface area contributed by atoms with E-state index in [1.165, 1.54) is 0 Å². The summed E-state index contributed by atoms with van der Waals surface area (Å²) in [5.74, 6) is 0.862. The molecule has 0 saturated carbocycles. The first-order valence-electron chi connectivity index (χ1n) is 42.2. The van der Waals surface area contributed by atoms with Gasteiger partial charge in [0.15, 0.2) is 11.6 Å². The second-order valence-corrected chi connectivity index (χ2v) is 31.7. The standard InChI is InChI=1S/C117H65N13/c118-66-73-53-88(55-89(54-73)79-47-50-111-99(57-79)97-43-23-24-44-110(97)129(111)114-102(93-39-19-14-34-83(93)68-120)60-90(61-103(114)94-40-20-15-35-84(94)69-121)116-125-106(74-25-5-1-6-26-74)64-107(126-116)75-27-7-2-8-28-75)78-45-46-87(72-124)98(56-78)81-49-52-113-101(59-81)100-58-80(92-38-18-13-33-82(92)67-119)48-51-112(100)130(113)115-104(95-41-21-16-36-85(95)70-122)62-91(63-105(115)96-42-22-17-37-86(96)71-123)117-127-108(76-29-9-3-10-30-76)65-109(128-117)77-31-11-4-12-32-77/h1-65H. The van der Waals surface area contributed by atoms with Crippen LogP contribution in [0.15, 0.2) is 394 Å². The van der Waals surface area contributed by atoms with Gasteiger partial charge in [0.2, 0.25) is 0 Å². The zero-order valence-electron chi connectivity index (χ0n) is 69.3. The minimum atomic E-state index is 0.403. The van der Waals surface area contributed by atoms with Gasteiger partial charge in [0, 0.05) is 105 Å². The third-order valence-corrected chi connectivity index (χ3v) is 24.2. The van der Waals surface area contributed by atoms with Crippen LogP contribution in [0.5, 0.6) is 0 Å². The molecule has 0 radical (unpaired) electrons. The highest BCUT2D eigenvalue weighted by Gasteiger charge is 2.30. The maximum atomic E-state index is 11.3. The third kappa shape index (κ3) is 14.0. The highest BCUT2D eigenvalue weighted by atomic mass is 15.0. The van der Waals surface area contributed by atoms with Gasteiger partial charge in [-0.1, -0.05) is 255 Å². The fraction of sp³-hybridized carbons (Fsp3) is 0. The van der Waals surface area contributed by atoms with Crippen LogP contribution < -0.4 is 0 Å². The molecule has 598 valence electrons. The van der Waals surface area contributed by atoms with Gasteiger partial charge in [-0.3, -0.25) is 0 Å². The summed E-state index contributed by atoms with van der Waals surface area (Å²) in [5.41, 5.74) is 26.5. The Labute approximate surface area is 748 Å². The van der Waals surface area contributed by atoms with Gasteiger partial charge in [0.25, 0.3) is 0 Å². The molecule has 0 bridgehead atoms. The number of nitrogens with zero attached hydrogens (tertiary/aromatic N) is 13. The summed E-state index contributed by atoms with van der Waals surface area (Å²) in [7, 11) is 0. The predicted molar refractivity (Wildman–Crippen MR) is 515 cm³/mol. The predicted octanol–water partition coefficient (Wildman–Crippen LogP) is 27.9. The SMILES string of the molecule is N#Cc1cc(-c2ccc(C#N)c(-c3ccc4c(c3)c3cc(-c5ccccc5C#N)ccc3n4-c3c(-c4ccccc4C#N)cc(-c4nc(-c5ccccc5)cc(-c5ccccc5)n4)cc3-c3ccccc3C#N)c2)cc(-c2ccc3c(c2)c2ccccc2n3-c2c(-c3ccccc3C#N)cc(-c3nc(-c4ccccc4)cc(-c4ccccc4)n3)cc2-c2ccccc2C#N)c1. The number of rotatable bonds is 16. The number of nitriles is 7. The Morgan fingerprint density at radius 3 is 0.823 bits per heavy atom. The van der Waals surface area contributed by atoms with Gasteiger partial charge in [-0.25, -0.2) is 19.9 Å². The van der Waals surface area contributed by atoms with E-state index in [-0.39, 0.29) is 0 Å². The zero-order valence-corrected chi connectivity index (χ0v) is 69.3. The van der Waals surface area contributed by atoms with Crippen LogP contribution in [0.25, 0.3) is 212 Å². The van der Waals surface area contributed by atoms with Crippen molar-refractivity contribution in [2.24, 2.45) is 0 Å². The molecular weight excluding hydrogens is 1590 g/mol. The fourth-order valence-electron chi connectivity index (χ4n) is 18.2. The topological polar surface area (TPSA) is 228 Å². The van der Waals surface area contributed by atoms with Gasteiger partial charge in [-0.15, -0.1) is 0 Å². The minimum absolute atomic E-state index is 0.403. The van der Waals surface area contributed by atoms with Crippen LogP contribution >= 0.6 is 0 Å². The highest BCUT2D eigenvalue weighted by molar-refractivity contribution is 6.15. The molecule has 0 unspecified atom stereocenters. The van der Waals surface area contributed by atoms with Gasteiger partial charge >= 0.3 is 0 Å². The van der Waals surface area contributed by atoms with Crippen molar-refractivity contribution < 1.29 is 0 Å². The van der Waals surface area contributed by atoms with Crippen LogP contribution in [0, 0.1) is 79.3 Å². The largest absolute Gasteiger partial charge is 0.308 e. The van der Waals surface area contributed by atoms with Gasteiger partial charge in [0.05, 0.1) is 138 Å². The van der Waals surface area contributed by atoms with Gasteiger partial charge in [-0.2, -0.15) is 36.8 Å². The molecule has 0 amide bonds. The van der Waals surface area contributed by atoms with Crippen molar-refractivity contribution in [3.05, 3.63) is 433 Å². The van der Waals surface area contributed by atoms with Crippen molar-refractivity contribution in [1.82, 2.24) is 29.1 Å². The Morgan fingerprint density at radius 2 is 0.446 bits per heavy atom. The van der Waals surface area contributed by atoms with E-state index in [4.69, 9.17) is 19.9 Å².